The largest absolute Gasteiger partial charge is 0.493 e. The second-order valence-corrected chi connectivity index (χ2v) is 5.24. The van der Waals surface area contributed by atoms with Crippen molar-refractivity contribution in [3.05, 3.63) is 60.1 Å². The van der Waals surface area contributed by atoms with Crippen LogP contribution in [0, 0.1) is 5.82 Å². The summed E-state index contributed by atoms with van der Waals surface area (Å²) in [5.74, 6) is -1.18. The third kappa shape index (κ3) is 3.77. The van der Waals surface area contributed by atoms with Crippen molar-refractivity contribution >= 4 is 28.5 Å². The van der Waals surface area contributed by atoms with Gasteiger partial charge in [-0.1, -0.05) is 18.2 Å². The first-order chi connectivity index (χ1) is 12.1. The van der Waals surface area contributed by atoms with Crippen LogP contribution < -0.4 is 15.4 Å². The van der Waals surface area contributed by atoms with Gasteiger partial charge in [-0.15, -0.1) is 0 Å². The van der Waals surface area contributed by atoms with E-state index in [1.165, 1.54) is 25.3 Å². The van der Waals surface area contributed by atoms with Crippen LogP contribution in [0.5, 0.6) is 5.75 Å². The van der Waals surface area contributed by atoms with E-state index < -0.39 is 17.6 Å². The van der Waals surface area contributed by atoms with Crippen LogP contribution in [0.4, 0.5) is 10.1 Å². The summed E-state index contributed by atoms with van der Waals surface area (Å²) in [6.07, 6.45) is 0. The van der Waals surface area contributed by atoms with E-state index in [0.29, 0.717) is 17.1 Å². The van der Waals surface area contributed by atoms with Crippen molar-refractivity contribution in [2.24, 2.45) is 0 Å². The van der Waals surface area contributed by atoms with Crippen molar-refractivity contribution in [3.63, 3.8) is 0 Å². The maximum atomic E-state index is 13.1. The van der Waals surface area contributed by atoms with Gasteiger partial charge in [0.2, 0.25) is 0 Å². The van der Waals surface area contributed by atoms with Crippen LogP contribution in [0.1, 0.15) is 5.76 Å². The number of benzene rings is 2. The maximum absolute atomic E-state index is 13.1. The normalized spacial score (nSPS) is 10.5. The molecule has 0 radical (unpaired) electrons. The van der Waals surface area contributed by atoms with E-state index in [4.69, 9.17) is 9.15 Å². The van der Waals surface area contributed by atoms with Crippen molar-refractivity contribution in [1.29, 1.82) is 0 Å². The predicted molar refractivity (Wildman–Crippen MR) is 89.6 cm³/mol. The highest BCUT2D eigenvalue weighted by molar-refractivity contribution is 6.39. The van der Waals surface area contributed by atoms with Crippen LogP contribution in [0.2, 0.25) is 0 Å². The minimum absolute atomic E-state index is 0.0350. The summed E-state index contributed by atoms with van der Waals surface area (Å²) >= 11 is 0. The number of amides is 2. The summed E-state index contributed by atoms with van der Waals surface area (Å²) in [6, 6.07) is 12.5. The number of methoxy groups -OCH3 is 1. The number of fused-ring (bicyclic) bond motifs is 1. The topological polar surface area (TPSA) is 80.6 Å². The van der Waals surface area contributed by atoms with Crippen LogP contribution in [-0.4, -0.2) is 18.9 Å². The number of furan rings is 1. The van der Waals surface area contributed by atoms with Crippen molar-refractivity contribution in [1.82, 2.24) is 5.32 Å². The Hall–Kier alpha value is -3.35. The van der Waals surface area contributed by atoms with E-state index >= 15 is 0 Å². The first-order valence-corrected chi connectivity index (χ1v) is 7.47. The minimum Gasteiger partial charge on any atom is -0.493 e. The molecular weight excluding hydrogens is 327 g/mol. The number of carbonyl (C=O) groups excluding carboxylic acids is 2. The van der Waals surface area contributed by atoms with E-state index in [9.17, 15) is 14.0 Å². The Labute approximate surface area is 142 Å². The van der Waals surface area contributed by atoms with Gasteiger partial charge >= 0.3 is 11.8 Å². The molecule has 2 N–H and O–H groups in total. The molecule has 0 aliphatic rings. The van der Waals surface area contributed by atoms with Gasteiger partial charge in [-0.05, 0) is 30.3 Å². The van der Waals surface area contributed by atoms with E-state index in [0.717, 1.165) is 11.5 Å². The average molecular weight is 342 g/mol. The smallest absolute Gasteiger partial charge is 0.313 e. The third-order valence-electron chi connectivity index (χ3n) is 3.49. The molecule has 1 heterocycles. The molecule has 128 valence electrons. The molecule has 0 unspecified atom stereocenters. The molecule has 3 aromatic rings. The molecule has 6 nitrogen and oxygen atoms in total. The molecule has 1 aromatic heterocycles. The predicted octanol–water partition coefficient (Wildman–Crippen LogP) is 2.84. The fourth-order valence-electron chi connectivity index (χ4n) is 2.34. The van der Waals surface area contributed by atoms with Gasteiger partial charge in [0, 0.05) is 11.1 Å². The van der Waals surface area contributed by atoms with Gasteiger partial charge in [0.05, 0.1) is 13.7 Å². The number of nitrogens with one attached hydrogen (secondary N) is 2. The molecule has 0 aliphatic carbocycles. The molecule has 0 saturated carbocycles. The van der Waals surface area contributed by atoms with Gasteiger partial charge in [-0.3, -0.25) is 9.59 Å². The highest BCUT2D eigenvalue weighted by Gasteiger charge is 2.15. The lowest BCUT2D eigenvalue weighted by molar-refractivity contribution is -0.136. The number of hydrogen-bond donors (Lipinski definition) is 2. The second kappa shape index (κ2) is 7.04. The summed E-state index contributed by atoms with van der Waals surface area (Å²) in [4.78, 5) is 23.7. The van der Waals surface area contributed by atoms with Crippen LogP contribution in [0.25, 0.3) is 11.0 Å². The SMILES string of the molecule is COc1cccc2cc(CNC(=O)C(=O)Nc3cccc(F)c3)oc12. The van der Waals surface area contributed by atoms with Crippen LogP contribution in [-0.2, 0) is 16.1 Å². The summed E-state index contributed by atoms with van der Waals surface area (Å²) in [5.41, 5.74) is 0.770. The Morgan fingerprint density at radius 2 is 1.92 bits per heavy atom. The first kappa shape index (κ1) is 16.5. The molecule has 0 bridgehead atoms. The monoisotopic (exact) mass is 342 g/mol. The maximum Gasteiger partial charge on any atom is 0.313 e. The number of ether oxygens (including phenoxy) is 1. The molecular formula is C18H15FN2O4. The minimum atomic E-state index is -0.890. The summed E-state index contributed by atoms with van der Waals surface area (Å²) < 4.78 is 23.9. The Kier molecular flexibility index (Phi) is 4.65. The lowest BCUT2D eigenvalue weighted by Gasteiger charge is -2.05. The van der Waals surface area contributed by atoms with Crippen molar-refractivity contribution in [2.75, 3.05) is 12.4 Å². The standard InChI is InChI=1S/C18H15FN2O4/c1-24-15-7-2-4-11-8-14(25-16(11)15)10-20-17(22)18(23)21-13-6-3-5-12(19)9-13/h2-9H,10H2,1H3,(H,20,22)(H,21,23). The number of rotatable bonds is 4. The van der Waals surface area contributed by atoms with Crippen LogP contribution >= 0.6 is 0 Å². The molecule has 3 rings (SSSR count). The molecule has 2 amide bonds. The summed E-state index contributed by atoms with van der Waals surface area (Å²) in [6.45, 7) is 0.0350. The number of anilines is 1. The van der Waals surface area contributed by atoms with Gasteiger partial charge < -0.3 is 19.8 Å². The van der Waals surface area contributed by atoms with E-state index in [2.05, 4.69) is 10.6 Å². The lowest BCUT2D eigenvalue weighted by atomic mass is 10.2. The van der Waals surface area contributed by atoms with E-state index in [-0.39, 0.29) is 12.2 Å². The highest BCUT2D eigenvalue weighted by atomic mass is 19.1. The molecule has 2 aromatic carbocycles. The van der Waals surface area contributed by atoms with Crippen molar-refractivity contribution in [2.45, 2.75) is 6.54 Å². The Morgan fingerprint density at radius 3 is 2.68 bits per heavy atom. The quantitative estimate of drug-likeness (QED) is 0.715. The fourth-order valence-corrected chi connectivity index (χ4v) is 2.34. The third-order valence-corrected chi connectivity index (χ3v) is 3.49. The first-order valence-electron chi connectivity index (χ1n) is 7.47. The number of para-hydroxylation sites is 1. The lowest BCUT2D eigenvalue weighted by Crippen LogP contribution is -2.34. The van der Waals surface area contributed by atoms with Gasteiger partial charge in [-0.25, -0.2) is 4.39 Å². The molecule has 0 spiro atoms. The molecule has 7 heteroatoms. The Morgan fingerprint density at radius 1 is 1.12 bits per heavy atom. The zero-order valence-electron chi connectivity index (χ0n) is 13.3. The number of halogens is 1. The molecule has 0 atom stereocenters. The van der Waals surface area contributed by atoms with E-state index in [1.807, 2.05) is 12.1 Å². The van der Waals surface area contributed by atoms with Crippen molar-refractivity contribution < 1.29 is 23.1 Å². The molecule has 0 fully saturated rings. The van der Waals surface area contributed by atoms with Gasteiger partial charge in [-0.2, -0.15) is 0 Å². The zero-order valence-corrected chi connectivity index (χ0v) is 13.3. The summed E-state index contributed by atoms with van der Waals surface area (Å²) in [7, 11) is 1.54. The molecule has 25 heavy (non-hydrogen) atoms. The zero-order chi connectivity index (χ0) is 17.8. The average Bonchev–Trinajstić information content (AvgIpc) is 3.02. The van der Waals surface area contributed by atoms with Crippen LogP contribution in [0.15, 0.2) is 52.9 Å². The van der Waals surface area contributed by atoms with Crippen molar-refractivity contribution in [3.8, 4) is 5.75 Å². The highest BCUT2D eigenvalue weighted by Crippen LogP contribution is 2.28. The Bertz CT molecular complexity index is 936. The van der Waals surface area contributed by atoms with E-state index in [1.54, 1.807) is 12.1 Å². The Balaban J connectivity index is 1.63. The second-order valence-electron chi connectivity index (χ2n) is 5.24. The van der Waals surface area contributed by atoms with Crippen LogP contribution in [0.3, 0.4) is 0 Å². The van der Waals surface area contributed by atoms with Gasteiger partial charge in [0.15, 0.2) is 11.3 Å². The summed E-state index contributed by atoms with van der Waals surface area (Å²) in [5, 5.41) is 5.60. The van der Waals surface area contributed by atoms with Gasteiger partial charge in [0.1, 0.15) is 11.6 Å². The molecule has 0 aliphatic heterocycles. The molecule has 0 saturated heterocycles. The number of carbonyl (C=O) groups is 2. The van der Waals surface area contributed by atoms with Gasteiger partial charge in [0.25, 0.3) is 0 Å². The number of hydrogen-bond acceptors (Lipinski definition) is 4. The fraction of sp³-hybridized carbons (Fsp3) is 0.111.